The zero-order valence-corrected chi connectivity index (χ0v) is 11.4. The monoisotopic (exact) mass is 279 g/mol. The van der Waals surface area contributed by atoms with Gasteiger partial charge in [-0.1, -0.05) is 29.8 Å². The fourth-order valence-corrected chi connectivity index (χ4v) is 2.12. The number of aryl methyl sites for hydroxylation is 1. The summed E-state index contributed by atoms with van der Waals surface area (Å²) in [5.74, 6) is -0.356. The summed E-state index contributed by atoms with van der Waals surface area (Å²) in [6.45, 7) is 1.84. The molecule has 0 saturated carbocycles. The van der Waals surface area contributed by atoms with E-state index in [0.717, 1.165) is 16.5 Å². The molecule has 104 valence electrons. The number of carbonyl (C=O) groups is 1. The predicted octanol–water partition coefficient (Wildman–Crippen LogP) is 4.03. The Balaban J connectivity index is 2.00. The van der Waals surface area contributed by atoms with Gasteiger partial charge in [0.1, 0.15) is 11.3 Å². The molecule has 0 unspecified atom stereocenters. The van der Waals surface area contributed by atoms with Crippen LogP contribution < -0.4 is 4.74 Å². The smallest absolute Gasteiger partial charge is 0.339 e. The first-order chi connectivity index (χ1) is 10.1. The average Bonchev–Trinajstić information content (AvgIpc) is 2.49. The van der Waals surface area contributed by atoms with Crippen molar-refractivity contribution >= 4 is 16.9 Å². The van der Waals surface area contributed by atoms with Crippen LogP contribution in [-0.4, -0.2) is 16.1 Å². The Morgan fingerprint density at radius 3 is 2.71 bits per heavy atom. The van der Waals surface area contributed by atoms with Crippen LogP contribution in [0.2, 0.25) is 0 Å². The van der Waals surface area contributed by atoms with Gasteiger partial charge in [-0.05, 0) is 31.2 Å². The van der Waals surface area contributed by atoms with Crippen LogP contribution in [0.5, 0.6) is 11.6 Å². The fraction of sp³-hybridized carbons (Fsp3) is 0.0588. The topological polar surface area (TPSA) is 59.4 Å². The lowest BCUT2D eigenvalue weighted by molar-refractivity contribution is 0.0694. The Labute approximate surface area is 121 Å². The highest BCUT2D eigenvalue weighted by atomic mass is 16.5. The summed E-state index contributed by atoms with van der Waals surface area (Å²) in [4.78, 5) is 15.7. The number of ether oxygens (including phenoxy) is 1. The summed E-state index contributed by atoms with van der Waals surface area (Å²) in [5.41, 5.74) is 1.80. The molecule has 3 rings (SSSR count). The quantitative estimate of drug-likeness (QED) is 0.786. The van der Waals surface area contributed by atoms with E-state index in [1.165, 1.54) is 0 Å². The van der Waals surface area contributed by atoms with Gasteiger partial charge in [-0.2, -0.15) is 0 Å². The molecule has 3 aromatic rings. The summed E-state index contributed by atoms with van der Waals surface area (Å²) in [6, 6.07) is 16.3. The summed E-state index contributed by atoms with van der Waals surface area (Å²) in [6.07, 6.45) is 0. The van der Waals surface area contributed by atoms with E-state index in [9.17, 15) is 9.90 Å². The SMILES string of the molecule is Cc1ccc(Oc2ccc3ccccc3n2)c(C(=O)O)c1. The number of aromatic nitrogens is 1. The highest BCUT2D eigenvalue weighted by molar-refractivity contribution is 5.91. The molecule has 4 nitrogen and oxygen atoms in total. The number of fused-ring (bicyclic) bond motifs is 1. The molecule has 0 radical (unpaired) electrons. The van der Waals surface area contributed by atoms with Gasteiger partial charge in [0.25, 0.3) is 0 Å². The number of pyridine rings is 1. The molecular weight excluding hydrogens is 266 g/mol. The van der Waals surface area contributed by atoms with Crippen molar-refractivity contribution in [1.82, 2.24) is 4.98 Å². The average molecular weight is 279 g/mol. The lowest BCUT2D eigenvalue weighted by Gasteiger charge is -2.09. The second-order valence-electron chi connectivity index (χ2n) is 4.75. The molecule has 0 atom stereocenters. The highest BCUT2D eigenvalue weighted by Gasteiger charge is 2.12. The molecule has 1 aromatic heterocycles. The Morgan fingerprint density at radius 1 is 1.10 bits per heavy atom. The van der Waals surface area contributed by atoms with Gasteiger partial charge in [0.05, 0.1) is 5.52 Å². The number of hydrogen-bond acceptors (Lipinski definition) is 3. The van der Waals surface area contributed by atoms with E-state index >= 15 is 0 Å². The van der Waals surface area contributed by atoms with Gasteiger partial charge in [0.15, 0.2) is 0 Å². The summed E-state index contributed by atoms with van der Waals surface area (Å²) < 4.78 is 5.64. The first-order valence-corrected chi connectivity index (χ1v) is 6.51. The summed E-state index contributed by atoms with van der Waals surface area (Å²) in [7, 11) is 0. The van der Waals surface area contributed by atoms with Crippen molar-refractivity contribution in [3.8, 4) is 11.6 Å². The van der Waals surface area contributed by atoms with Crippen molar-refractivity contribution in [2.45, 2.75) is 6.92 Å². The zero-order chi connectivity index (χ0) is 14.8. The molecule has 4 heteroatoms. The van der Waals surface area contributed by atoms with Crippen molar-refractivity contribution in [2.75, 3.05) is 0 Å². The van der Waals surface area contributed by atoms with E-state index in [-0.39, 0.29) is 11.3 Å². The summed E-state index contributed by atoms with van der Waals surface area (Å²) >= 11 is 0. The number of carboxylic acids is 1. The molecule has 2 aromatic carbocycles. The third-order valence-corrected chi connectivity index (χ3v) is 3.15. The Morgan fingerprint density at radius 2 is 1.90 bits per heavy atom. The molecule has 21 heavy (non-hydrogen) atoms. The van der Waals surface area contributed by atoms with Gasteiger partial charge >= 0.3 is 5.97 Å². The van der Waals surface area contributed by atoms with E-state index in [4.69, 9.17) is 4.74 Å². The molecule has 0 saturated heterocycles. The lowest BCUT2D eigenvalue weighted by atomic mass is 10.1. The van der Waals surface area contributed by atoms with Crippen LogP contribution in [0.3, 0.4) is 0 Å². The molecule has 0 fully saturated rings. The van der Waals surface area contributed by atoms with Crippen LogP contribution in [-0.2, 0) is 0 Å². The highest BCUT2D eigenvalue weighted by Crippen LogP contribution is 2.26. The second kappa shape index (κ2) is 5.25. The number of para-hydroxylation sites is 1. The largest absolute Gasteiger partial charge is 0.478 e. The van der Waals surface area contributed by atoms with Gasteiger partial charge in [-0.15, -0.1) is 0 Å². The van der Waals surface area contributed by atoms with E-state index in [1.807, 2.05) is 43.3 Å². The Kier molecular flexibility index (Phi) is 3.28. The molecule has 0 bridgehead atoms. The van der Waals surface area contributed by atoms with Gasteiger partial charge < -0.3 is 9.84 Å². The van der Waals surface area contributed by atoms with E-state index in [0.29, 0.717) is 5.88 Å². The van der Waals surface area contributed by atoms with Gasteiger partial charge in [0, 0.05) is 11.5 Å². The van der Waals surface area contributed by atoms with Crippen molar-refractivity contribution in [3.05, 3.63) is 65.7 Å². The van der Waals surface area contributed by atoms with Gasteiger partial charge in [-0.25, -0.2) is 9.78 Å². The molecule has 1 N–H and O–H groups in total. The van der Waals surface area contributed by atoms with Gasteiger partial charge in [0.2, 0.25) is 5.88 Å². The van der Waals surface area contributed by atoms with E-state index in [2.05, 4.69) is 4.98 Å². The first kappa shape index (κ1) is 13.1. The van der Waals surface area contributed by atoms with Crippen LogP contribution in [0.15, 0.2) is 54.6 Å². The fourth-order valence-electron chi connectivity index (χ4n) is 2.12. The normalized spacial score (nSPS) is 10.5. The zero-order valence-electron chi connectivity index (χ0n) is 11.4. The number of aromatic carboxylic acids is 1. The van der Waals surface area contributed by atoms with E-state index in [1.54, 1.807) is 18.2 Å². The maximum atomic E-state index is 11.3. The Hall–Kier alpha value is -2.88. The van der Waals surface area contributed by atoms with Crippen LogP contribution in [0.1, 0.15) is 15.9 Å². The number of nitrogens with zero attached hydrogens (tertiary/aromatic N) is 1. The number of rotatable bonds is 3. The molecule has 0 aliphatic carbocycles. The van der Waals surface area contributed by atoms with Crippen molar-refractivity contribution < 1.29 is 14.6 Å². The molecule has 1 heterocycles. The molecule has 0 aliphatic rings. The minimum absolute atomic E-state index is 0.130. The number of hydrogen-bond donors (Lipinski definition) is 1. The minimum Gasteiger partial charge on any atom is -0.478 e. The van der Waals surface area contributed by atoms with Crippen LogP contribution in [0, 0.1) is 6.92 Å². The molecule has 0 spiro atoms. The molecule has 0 aliphatic heterocycles. The van der Waals surface area contributed by atoms with E-state index < -0.39 is 5.97 Å². The molecule has 0 amide bonds. The number of benzene rings is 2. The van der Waals surface area contributed by atoms with Crippen molar-refractivity contribution in [1.29, 1.82) is 0 Å². The summed E-state index contributed by atoms with van der Waals surface area (Å²) in [5, 5.41) is 10.2. The first-order valence-electron chi connectivity index (χ1n) is 6.51. The number of carboxylic acid groups (broad SMARTS) is 1. The van der Waals surface area contributed by atoms with Crippen LogP contribution in [0.4, 0.5) is 0 Å². The molecular formula is C17H13NO3. The van der Waals surface area contributed by atoms with Crippen molar-refractivity contribution in [3.63, 3.8) is 0 Å². The standard InChI is InChI=1S/C17H13NO3/c1-11-6-8-15(13(10-11)17(19)20)21-16-9-7-12-4-2-3-5-14(12)18-16/h2-10H,1H3,(H,19,20). The second-order valence-corrected chi connectivity index (χ2v) is 4.75. The van der Waals surface area contributed by atoms with Crippen molar-refractivity contribution in [2.24, 2.45) is 0 Å². The maximum absolute atomic E-state index is 11.3. The maximum Gasteiger partial charge on any atom is 0.339 e. The third kappa shape index (κ3) is 2.69. The van der Waals surface area contributed by atoms with Crippen LogP contribution >= 0.6 is 0 Å². The third-order valence-electron chi connectivity index (χ3n) is 3.15. The minimum atomic E-state index is -1.02. The Bertz CT molecular complexity index is 827. The van der Waals surface area contributed by atoms with Gasteiger partial charge in [-0.3, -0.25) is 0 Å². The predicted molar refractivity (Wildman–Crippen MR) is 80.0 cm³/mol. The lowest BCUT2D eigenvalue weighted by Crippen LogP contribution is -2.01. The van der Waals surface area contributed by atoms with Crippen LogP contribution in [0.25, 0.3) is 10.9 Å².